The summed E-state index contributed by atoms with van der Waals surface area (Å²) in [6, 6.07) is 9.73. The smallest absolute Gasteiger partial charge is 0.142 e. The van der Waals surface area contributed by atoms with E-state index in [0.717, 1.165) is 5.56 Å². The van der Waals surface area contributed by atoms with Gasteiger partial charge < -0.3 is 4.74 Å². The van der Waals surface area contributed by atoms with Crippen LogP contribution in [-0.4, -0.2) is 19.5 Å². The number of carbonyl (C=O) groups is 1. The van der Waals surface area contributed by atoms with Crippen LogP contribution < -0.4 is 0 Å². The highest BCUT2D eigenvalue weighted by molar-refractivity contribution is 5.87. The van der Waals surface area contributed by atoms with Crippen LogP contribution in [0.15, 0.2) is 30.3 Å². The summed E-state index contributed by atoms with van der Waals surface area (Å²) >= 11 is 0. The normalized spacial score (nSPS) is 14.8. The van der Waals surface area contributed by atoms with Gasteiger partial charge in [-0.05, 0) is 19.4 Å². The van der Waals surface area contributed by atoms with Crippen molar-refractivity contribution in [2.24, 2.45) is 0 Å². The largest absolute Gasteiger partial charge is 0.383 e. The zero-order valence-corrected chi connectivity index (χ0v) is 8.91. The Bertz CT molecular complexity index is 305. The molecule has 2 heteroatoms. The number of ether oxygens (including phenoxy) is 1. The van der Waals surface area contributed by atoms with Crippen LogP contribution in [0, 0.1) is 0 Å². The fourth-order valence-corrected chi connectivity index (χ4v) is 1.48. The molecular formula is C12H16O2. The van der Waals surface area contributed by atoms with Crippen LogP contribution in [0.3, 0.4) is 0 Å². The molecular weight excluding hydrogens is 176 g/mol. The van der Waals surface area contributed by atoms with E-state index in [1.54, 1.807) is 14.0 Å². The number of rotatable bonds is 4. The van der Waals surface area contributed by atoms with Gasteiger partial charge in [-0.15, -0.1) is 0 Å². The van der Waals surface area contributed by atoms with Crippen molar-refractivity contribution in [1.29, 1.82) is 0 Å². The Labute approximate surface area is 84.9 Å². The maximum absolute atomic E-state index is 11.6. The number of carbonyl (C=O) groups excluding carboxylic acids is 1. The summed E-state index contributed by atoms with van der Waals surface area (Å²) in [7, 11) is 1.62. The summed E-state index contributed by atoms with van der Waals surface area (Å²) in [5.74, 6) is 0.130. The average molecular weight is 192 g/mol. The highest BCUT2D eigenvalue weighted by Crippen LogP contribution is 2.24. The van der Waals surface area contributed by atoms with Gasteiger partial charge in [-0.3, -0.25) is 4.79 Å². The minimum atomic E-state index is -0.518. The molecule has 1 rings (SSSR count). The van der Waals surface area contributed by atoms with Crippen LogP contribution in [-0.2, 0) is 14.9 Å². The molecule has 0 aliphatic heterocycles. The van der Waals surface area contributed by atoms with E-state index in [1.165, 1.54) is 0 Å². The van der Waals surface area contributed by atoms with Crippen LogP contribution in [0.25, 0.3) is 0 Å². The van der Waals surface area contributed by atoms with Gasteiger partial charge in [-0.1, -0.05) is 30.3 Å². The molecule has 0 saturated carbocycles. The Balaban J connectivity index is 3.06. The van der Waals surface area contributed by atoms with E-state index in [1.807, 2.05) is 37.3 Å². The van der Waals surface area contributed by atoms with Crippen molar-refractivity contribution in [3.8, 4) is 0 Å². The lowest BCUT2D eigenvalue weighted by molar-refractivity contribution is -0.123. The van der Waals surface area contributed by atoms with Crippen molar-refractivity contribution < 1.29 is 9.53 Å². The molecule has 0 heterocycles. The first-order valence-electron chi connectivity index (χ1n) is 4.67. The molecule has 1 unspecified atom stereocenters. The standard InChI is InChI=1S/C12H16O2/c1-10(13)12(2,9-14-3)11-7-5-4-6-8-11/h4-8H,9H2,1-3H3. The van der Waals surface area contributed by atoms with Gasteiger partial charge in [0.1, 0.15) is 5.78 Å². The predicted octanol–water partition coefficient (Wildman–Crippen LogP) is 2.18. The molecule has 0 radical (unpaired) electrons. The molecule has 0 aliphatic carbocycles. The maximum atomic E-state index is 11.6. The van der Waals surface area contributed by atoms with E-state index in [0.29, 0.717) is 6.61 Å². The molecule has 1 aromatic carbocycles. The lowest BCUT2D eigenvalue weighted by Gasteiger charge is -2.26. The van der Waals surface area contributed by atoms with E-state index in [2.05, 4.69) is 0 Å². The van der Waals surface area contributed by atoms with Gasteiger partial charge >= 0.3 is 0 Å². The topological polar surface area (TPSA) is 26.3 Å². The van der Waals surface area contributed by atoms with Crippen LogP contribution in [0.1, 0.15) is 19.4 Å². The zero-order valence-electron chi connectivity index (χ0n) is 8.91. The highest BCUT2D eigenvalue weighted by Gasteiger charge is 2.31. The third kappa shape index (κ3) is 2.02. The second-order valence-corrected chi connectivity index (χ2v) is 3.69. The molecule has 2 nitrogen and oxygen atoms in total. The Morgan fingerprint density at radius 3 is 2.36 bits per heavy atom. The predicted molar refractivity (Wildman–Crippen MR) is 56.4 cm³/mol. The van der Waals surface area contributed by atoms with Gasteiger partial charge in [0.05, 0.1) is 12.0 Å². The second kappa shape index (κ2) is 4.38. The van der Waals surface area contributed by atoms with E-state index in [9.17, 15) is 4.79 Å². The summed E-state index contributed by atoms with van der Waals surface area (Å²) in [4.78, 5) is 11.6. The Morgan fingerprint density at radius 2 is 1.93 bits per heavy atom. The van der Waals surface area contributed by atoms with Crippen molar-refractivity contribution in [2.45, 2.75) is 19.3 Å². The Morgan fingerprint density at radius 1 is 1.36 bits per heavy atom. The highest BCUT2D eigenvalue weighted by atomic mass is 16.5. The lowest BCUT2D eigenvalue weighted by atomic mass is 9.80. The molecule has 0 N–H and O–H groups in total. The van der Waals surface area contributed by atoms with Crippen molar-refractivity contribution in [3.63, 3.8) is 0 Å². The van der Waals surface area contributed by atoms with Crippen LogP contribution >= 0.6 is 0 Å². The summed E-state index contributed by atoms with van der Waals surface area (Å²) < 4.78 is 5.10. The monoisotopic (exact) mass is 192 g/mol. The minimum Gasteiger partial charge on any atom is -0.383 e. The van der Waals surface area contributed by atoms with Crippen molar-refractivity contribution in [1.82, 2.24) is 0 Å². The summed E-state index contributed by atoms with van der Waals surface area (Å²) in [5.41, 5.74) is 0.491. The van der Waals surface area contributed by atoms with Crippen LogP contribution in [0.2, 0.25) is 0 Å². The van der Waals surface area contributed by atoms with Crippen LogP contribution in [0.5, 0.6) is 0 Å². The third-order valence-electron chi connectivity index (χ3n) is 2.62. The SMILES string of the molecule is COCC(C)(C(C)=O)c1ccccc1. The number of ketones is 1. The average Bonchev–Trinajstić information content (AvgIpc) is 2.19. The van der Waals surface area contributed by atoms with E-state index >= 15 is 0 Å². The number of hydrogen-bond acceptors (Lipinski definition) is 2. The Hall–Kier alpha value is -1.15. The van der Waals surface area contributed by atoms with E-state index < -0.39 is 5.41 Å². The fraction of sp³-hybridized carbons (Fsp3) is 0.417. The number of methoxy groups -OCH3 is 1. The van der Waals surface area contributed by atoms with Gasteiger partial charge in [0.15, 0.2) is 0 Å². The van der Waals surface area contributed by atoms with Gasteiger partial charge in [0, 0.05) is 7.11 Å². The van der Waals surface area contributed by atoms with Gasteiger partial charge in [-0.25, -0.2) is 0 Å². The molecule has 0 bridgehead atoms. The maximum Gasteiger partial charge on any atom is 0.142 e. The zero-order chi connectivity index (χ0) is 10.6. The van der Waals surface area contributed by atoms with Gasteiger partial charge in [0.2, 0.25) is 0 Å². The second-order valence-electron chi connectivity index (χ2n) is 3.69. The molecule has 0 amide bonds. The molecule has 76 valence electrons. The van der Waals surface area contributed by atoms with Crippen molar-refractivity contribution in [3.05, 3.63) is 35.9 Å². The van der Waals surface area contributed by atoms with Gasteiger partial charge in [0.25, 0.3) is 0 Å². The number of Topliss-reactive ketones (excluding diaryl/α,β-unsaturated/α-hetero) is 1. The minimum absolute atomic E-state index is 0.130. The molecule has 0 aromatic heterocycles. The lowest BCUT2D eigenvalue weighted by Crippen LogP contribution is -2.35. The third-order valence-corrected chi connectivity index (χ3v) is 2.62. The molecule has 14 heavy (non-hydrogen) atoms. The van der Waals surface area contributed by atoms with Crippen molar-refractivity contribution >= 4 is 5.78 Å². The van der Waals surface area contributed by atoms with E-state index in [-0.39, 0.29) is 5.78 Å². The molecule has 1 atom stereocenters. The first kappa shape index (κ1) is 10.9. The molecule has 0 saturated heterocycles. The summed E-state index contributed by atoms with van der Waals surface area (Å²) in [6.07, 6.45) is 0. The van der Waals surface area contributed by atoms with E-state index in [4.69, 9.17) is 4.74 Å². The van der Waals surface area contributed by atoms with Crippen molar-refractivity contribution in [2.75, 3.05) is 13.7 Å². The first-order chi connectivity index (χ1) is 6.61. The molecule has 0 spiro atoms. The number of hydrogen-bond donors (Lipinski definition) is 0. The Kier molecular flexibility index (Phi) is 3.42. The molecule has 0 fully saturated rings. The quantitative estimate of drug-likeness (QED) is 0.731. The summed E-state index contributed by atoms with van der Waals surface area (Å²) in [6.45, 7) is 3.94. The van der Waals surface area contributed by atoms with Crippen LogP contribution in [0.4, 0.5) is 0 Å². The first-order valence-corrected chi connectivity index (χ1v) is 4.67. The number of benzene rings is 1. The molecule has 1 aromatic rings. The summed E-state index contributed by atoms with van der Waals surface area (Å²) in [5, 5.41) is 0. The fourth-order valence-electron chi connectivity index (χ4n) is 1.48. The van der Waals surface area contributed by atoms with Gasteiger partial charge in [-0.2, -0.15) is 0 Å². The molecule has 0 aliphatic rings.